The van der Waals surface area contributed by atoms with Crippen LogP contribution in [-0.4, -0.2) is 36.2 Å². The molecule has 3 aromatic carbocycles. The van der Waals surface area contributed by atoms with E-state index in [0.717, 1.165) is 29.8 Å². The van der Waals surface area contributed by atoms with Crippen LogP contribution in [0, 0.1) is 0 Å². The van der Waals surface area contributed by atoms with Crippen LogP contribution >= 0.6 is 12.8 Å². The molecule has 0 atom stereocenters. The van der Waals surface area contributed by atoms with Gasteiger partial charge in [-0.1, -0.05) is 61.5 Å². The van der Waals surface area contributed by atoms with Gasteiger partial charge >= 0.3 is 0 Å². The number of rotatable bonds is 8. The molecule has 0 aliphatic rings. The third-order valence-electron chi connectivity index (χ3n) is 4.98. The van der Waals surface area contributed by atoms with Gasteiger partial charge in [0.2, 0.25) is 0 Å². The molecule has 156 valence electrons. The Morgan fingerprint density at radius 3 is 1.93 bits per heavy atom. The van der Waals surface area contributed by atoms with Crippen molar-refractivity contribution in [1.82, 2.24) is 0 Å². The van der Waals surface area contributed by atoms with Crippen molar-refractivity contribution in [2.75, 3.05) is 27.2 Å². The van der Waals surface area contributed by atoms with E-state index in [0.29, 0.717) is 10.5 Å². The van der Waals surface area contributed by atoms with Crippen molar-refractivity contribution in [1.29, 1.82) is 0 Å². The number of aromatic hydroxyl groups is 1. The number of phenols is 1. The van der Waals surface area contributed by atoms with Crippen molar-refractivity contribution in [2.45, 2.75) is 13.3 Å². The van der Waals surface area contributed by atoms with Crippen LogP contribution in [0.2, 0.25) is 0 Å². The number of quaternary nitrogens is 1. The van der Waals surface area contributed by atoms with Crippen molar-refractivity contribution in [3.63, 3.8) is 0 Å². The van der Waals surface area contributed by atoms with Crippen LogP contribution in [0.5, 0.6) is 11.5 Å². The van der Waals surface area contributed by atoms with Crippen molar-refractivity contribution in [2.24, 2.45) is 0 Å². The summed E-state index contributed by atoms with van der Waals surface area (Å²) in [6.07, 6.45) is 0.896. The maximum Gasteiger partial charge on any atom is 0.138 e. The van der Waals surface area contributed by atoms with E-state index in [1.165, 1.54) is 16.7 Å². The average molecular weight is 421 g/mol. The van der Waals surface area contributed by atoms with Gasteiger partial charge in [-0.05, 0) is 58.5 Å². The van der Waals surface area contributed by atoms with Gasteiger partial charge in [0.15, 0.2) is 0 Å². The number of likely N-dealkylation sites (N-methyl/N-ethyl adjacent to an activating group) is 1. The van der Waals surface area contributed by atoms with Crippen LogP contribution in [0.1, 0.15) is 30.0 Å². The van der Waals surface area contributed by atoms with E-state index in [-0.39, 0.29) is 5.75 Å². The monoisotopic (exact) mass is 420 g/mol. The van der Waals surface area contributed by atoms with Gasteiger partial charge in [-0.3, -0.25) is 3.89 Å². The number of thiol groups is 1. The number of ether oxygens (including phenoxy) is 1. The summed E-state index contributed by atoms with van der Waals surface area (Å²) < 4.78 is 6.47. The maximum atomic E-state index is 9.76. The summed E-state index contributed by atoms with van der Waals surface area (Å²) in [6, 6.07) is 26.1. The molecule has 0 radical (unpaired) electrons. The third-order valence-corrected chi connectivity index (χ3v) is 5.18. The molecule has 0 spiro atoms. The van der Waals surface area contributed by atoms with Gasteiger partial charge in [-0.25, -0.2) is 0 Å². The molecule has 0 unspecified atom stereocenters. The molecule has 0 saturated carbocycles. The van der Waals surface area contributed by atoms with E-state index in [2.05, 4.69) is 56.1 Å². The molecule has 0 saturated heterocycles. The molecule has 0 aliphatic carbocycles. The number of nitrogens with zero attached hydrogens (tertiary/aromatic N) is 1. The molecular weight excluding hydrogens is 390 g/mol. The van der Waals surface area contributed by atoms with Crippen LogP contribution < -0.4 is 4.74 Å². The van der Waals surface area contributed by atoms with Crippen LogP contribution in [0.15, 0.2) is 78.9 Å². The smallest absolute Gasteiger partial charge is 0.138 e. The second-order valence-corrected chi connectivity index (χ2v) is 8.92. The minimum Gasteiger partial charge on any atom is -0.508 e. The quantitative estimate of drug-likeness (QED) is 0.263. The largest absolute Gasteiger partial charge is 0.508 e. The SMILES string of the molecule is CC/C(=C(/c1ccc(O)cc1)c1ccc(OCC[N+](C)(C)S)cc1)c1ccccc1. The molecular formula is C26H30NO2S+. The zero-order valence-corrected chi connectivity index (χ0v) is 18.8. The summed E-state index contributed by atoms with van der Waals surface area (Å²) in [5, 5.41) is 9.76. The molecule has 30 heavy (non-hydrogen) atoms. The van der Waals surface area contributed by atoms with Crippen LogP contribution in [0.25, 0.3) is 11.1 Å². The van der Waals surface area contributed by atoms with Gasteiger partial charge in [0.05, 0.1) is 26.9 Å². The highest BCUT2D eigenvalue weighted by atomic mass is 32.1. The van der Waals surface area contributed by atoms with Gasteiger partial charge < -0.3 is 9.84 Å². The molecule has 0 fully saturated rings. The summed E-state index contributed by atoms with van der Waals surface area (Å²) in [6.45, 7) is 3.61. The Kier molecular flexibility index (Phi) is 7.24. The lowest BCUT2D eigenvalue weighted by Gasteiger charge is -2.21. The minimum atomic E-state index is 0.269. The van der Waals surface area contributed by atoms with Gasteiger partial charge in [0.25, 0.3) is 0 Å². The second-order valence-electron chi connectivity index (χ2n) is 7.84. The van der Waals surface area contributed by atoms with Crippen molar-refractivity contribution in [3.8, 4) is 11.5 Å². The molecule has 0 bridgehead atoms. The fraction of sp³-hybridized carbons (Fsp3) is 0.231. The highest BCUT2D eigenvalue weighted by Gasteiger charge is 2.14. The fourth-order valence-corrected chi connectivity index (χ4v) is 3.49. The molecule has 0 aliphatic heterocycles. The van der Waals surface area contributed by atoms with E-state index < -0.39 is 0 Å². The van der Waals surface area contributed by atoms with Crippen molar-refractivity contribution >= 4 is 24.0 Å². The molecule has 0 heterocycles. The first-order valence-electron chi connectivity index (χ1n) is 10.2. The highest BCUT2D eigenvalue weighted by Crippen LogP contribution is 2.35. The molecule has 3 nitrogen and oxygen atoms in total. The van der Waals surface area contributed by atoms with E-state index in [9.17, 15) is 5.11 Å². The second kappa shape index (κ2) is 9.88. The van der Waals surface area contributed by atoms with Crippen LogP contribution in [-0.2, 0) is 0 Å². The Balaban J connectivity index is 1.99. The lowest BCUT2D eigenvalue weighted by Crippen LogP contribution is -2.32. The van der Waals surface area contributed by atoms with E-state index in [1.54, 1.807) is 12.1 Å². The van der Waals surface area contributed by atoms with Crippen molar-refractivity contribution in [3.05, 3.63) is 95.6 Å². The zero-order chi connectivity index (χ0) is 21.6. The van der Waals surface area contributed by atoms with E-state index in [4.69, 9.17) is 4.74 Å². The highest BCUT2D eigenvalue weighted by molar-refractivity contribution is 7.74. The first-order chi connectivity index (χ1) is 14.4. The number of hydrogen-bond acceptors (Lipinski definition) is 3. The first kappa shape index (κ1) is 22.0. The Labute approximate surface area is 185 Å². The first-order valence-corrected chi connectivity index (χ1v) is 10.6. The summed E-state index contributed by atoms with van der Waals surface area (Å²) in [4.78, 5) is 0. The topological polar surface area (TPSA) is 29.5 Å². The van der Waals surface area contributed by atoms with Gasteiger partial charge in [0, 0.05) is 0 Å². The summed E-state index contributed by atoms with van der Waals surface area (Å²) >= 11 is 4.49. The molecule has 4 heteroatoms. The van der Waals surface area contributed by atoms with Crippen LogP contribution in [0.3, 0.4) is 0 Å². The van der Waals surface area contributed by atoms with Gasteiger partial charge in [-0.15, -0.1) is 0 Å². The minimum absolute atomic E-state index is 0.269. The van der Waals surface area contributed by atoms with E-state index in [1.807, 2.05) is 44.4 Å². The Bertz CT molecular complexity index is 972. The number of allylic oxidation sites excluding steroid dienone is 1. The summed E-state index contributed by atoms with van der Waals surface area (Å²) in [5.74, 6) is 1.12. The standard InChI is InChI=1S/C26H29NO2S/c1-4-25(20-8-6-5-7-9-20)26(21-10-14-23(28)15-11-21)22-12-16-24(17-13-22)29-19-18-27(2,3)30/h5-17,30H,4,18-19H2,1-3H3/p+1/b26-25+. The number of hydrogen-bond donors (Lipinski definition) is 2. The third kappa shape index (κ3) is 5.91. The predicted octanol–water partition coefficient (Wildman–Crippen LogP) is 6.06. The number of benzene rings is 3. The normalized spacial score (nSPS) is 12.4. The van der Waals surface area contributed by atoms with Crippen LogP contribution in [0.4, 0.5) is 0 Å². The molecule has 0 aromatic heterocycles. The summed E-state index contributed by atoms with van der Waals surface area (Å²) in [5.41, 5.74) is 5.85. The zero-order valence-electron chi connectivity index (χ0n) is 17.9. The molecule has 0 amide bonds. The Morgan fingerprint density at radius 2 is 1.40 bits per heavy atom. The Hall–Kier alpha value is -2.69. The maximum absolute atomic E-state index is 9.76. The lowest BCUT2D eigenvalue weighted by molar-refractivity contribution is -0.747. The van der Waals surface area contributed by atoms with Gasteiger partial charge in [-0.2, -0.15) is 0 Å². The van der Waals surface area contributed by atoms with Gasteiger partial charge in [0.1, 0.15) is 24.7 Å². The predicted molar refractivity (Wildman–Crippen MR) is 129 cm³/mol. The fourth-order valence-electron chi connectivity index (χ4n) is 3.41. The number of phenolic OH excluding ortho intramolecular Hbond substituents is 1. The lowest BCUT2D eigenvalue weighted by atomic mass is 9.88. The molecule has 3 rings (SSSR count). The molecule has 1 N–H and O–H groups in total. The van der Waals surface area contributed by atoms with E-state index >= 15 is 0 Å². The summed E-state index contributed by atoms with van der Waals surface area (Å²) in [7, 11) is 4.06. The van der Waals surface area contributed by atoms with Crippen molar-refractivity contribution < 1.29 is 13.7 Å². The average Bonchev–Trinajstić information content (AvgIpc) is 2.73. The molecule has 3 aromatic rings. The Morgan fingerprint density at radius 1 is 0.833 bits per heavy atom.